The quantitative estimate of drug-likeness (QED) is 0.424. The third-order valence-electron chi connectivity index (χ3n) is 6.09. The minimum Gasteiger partial charge on any atom is -0.388 e. The third kappa shape index (κ3) is 6.47. The molecule has 1 aliphatic carbocycles. The van der Waals surface area contributed by atoms with Gasteiger partial charge in [-0.15, -0.1) is 0 Å². The molecule has 0 spiro atoms. The van der Waals surface area contributed by atoms with Crippen molar-refractivity contribution in [2.24, 2.45) is 5.92 Å². The molecule has 3 rings (SSSR count). The summed E-state index contributed by atoms with van der Waals surface area (Å²) in [6.07, 6.45) is 6.43. The third-order valence-corrected chi connectivity index (χ3v) is 6.09. The summed E-state index contributed by atoms with van der Waals surface area (Å²) in [5.74, 6) is 0.428. The van der Waals surface area contributed by atoms with Gasteiger partial charge in [0.15, 0.2) is 0 Å². The molecule has 0 heterocycles. The van der Waals surface area contributed by atoms with Gasteiger partial charge < -0.3 is 5.11 Å². The van der Waals surface area contributed by atoms with Crippen LogP contribution in [0.1, 0.15) is 80.6 Å². The van der Waals surface area contributed by atoms with E-state index in [1.165, 1.54) is 11.1 Å². The van der Waals surface area contributed by atoms with Gasteiger partial charge in [-0.25, -0.2) is 4.39 Å². The van der Waals surface area contributed by atoms with E-state index in [0.717, 1.165) is 50.5 Å². The number of hydrogen-bond acceptors (Lipinski definition) is 1. The minimum atomic E-state index is -0.688. The molecule has 1 saturated carbocycles. The zero-order valence-electron chi connectivity index (χ0n) is 17.0. The van der Waals surface area contributed by atoms with Crippen molar-refractivity contribution in [3.63, 3.8) is 0 Å². The molecule has 0 aliphatic heterocycles. The number of hydrogen-bond donors (Lipinski definition) is 1. The molecule has 1 fully saturated rings. The number of halogens is 1. The molecule has 1 aliphatic rings. The molecular formula is C25H32FOY-. The number of benzene rings is 2. The second kappa shape index (κ2) is 12.2. The molecule has 149 valence electrons. The Kier molecular flexibility index (Phi) is 10.3. The zero-order chi connectivity index (χ0) is 19.1. The van der Waals surface area contributed by atoms with Crippen molar-refractivity contribution in [1.29, 1.82) is 0 Å². The molecule has 0 saturated heterocycles. The van der Waals surface area contributed by atoms with Crippen LogP contribution < -0.4 is 0 Å². The fourth-order valence-electron chi connectivity index (χ4n) is 4.47. The van der Waals surface area contributed by atoms with E-state index in [-0.39, 0.29) is 44.7 Å². The van der Waals surface area contributed by atoms with Crippen molar-refractivity contribution >= 4 is 0 Å². The first-order chi connectivity index (χ1) is 13.2. The molecule has 2 aromatic carbocycles. The van der Waals surface area contributed by atoms with Crippen LogP contribution in [0.4, 0.5) is 4.39 Å². The average Bonchev–Trinajstić information content (AvgIpc) is 3.07. The number of unbranched alkanes of at least 4 members (excludes halogenated alkanes) is 1. The first kappa shape index (κ1) is 23.7. The van der Waals surface area contributed by atoms with Gasteiger partial charge in [0, 0.05) is 32.7 Å². The molecule has 0 aromatic heterocycles. The van der Waals surface area contributed by atoms with Gasteiger partial charge in [-0.05, 0) is 48.6 Å². The van der Waals surface area contributed by atoms with Gasteiger partial charge in [0.2, 0.25) is 0 Å². The minimum absolute atomic E-state index is 0. The number of aliphatic hydroxyl groups excluding tert-OH is 1. The second-order valence-corrected chi connectivity index (χ2v) is 7.99. The average molecular weight is 456 g/mol. The van der Waals surface area contributed by atoms with E-state index in [9.17, 15) is 9.50 Å². The van der Waals surface area contributed by atoms with Crippen molar-refractivity contribution in [1.82, 2.24) is 0 Å². The maximum atomic E-state index is 14.6. The summed E-state index contributed by atoms with van der Waals surface area (Å²) < 4.78 is 14.6. The predicted molar refractivity (Wildman–Crippen MR) is 110 cm³/mol. The smallest absolute Gasteiger partial charge is 0.104 e. The maximum Gasteiger partial charge on any atom is 0.104 e. The largest absolute Gasteiger partial charge is 0.388 e. The standard InChI is InChI=1S/C25H32FO.Y/c1-2-3-12-25(27)21-15-13-20(14-16-21)22-17-18-24(26)23(22)11-7-10-19-8-5-4-6-9-19;/h4-5,8-9,13-16,22-25,27H,2-3,7,10-12,17-18H2,1H3;/q-1;. The predicted octanol–water partition coefficient (Wildman–Crippen LogP) is 6.56. The van der Waals surface area contributed by atoms with Gasteiger partial charge in [-0.1, -0.05) is 56.9 Å². The number of rotatable bonds is 9. The van der Waals surface area contributed by atoms with Crippen LogP contribution in [0.3, 0.4) is 0 Å². The molecule has 0 amide bonds. The Morgan fingerprint density at radius 2 is 1.93 bits per heavy atom. The molecule has 3 heteroatoms. The van der Waals surface area contributed by atoms with Gasteiger partial charge >= 0.3 is 0 Å². The van der Waals surface area contributed by atoms with Crippen LogP contribution in [-0.2, 0) is 39.1 Å². The molecule has 1 N–H and O–H groups in total. The van der Waals surface area contributed by atoms with Gasteiger partial charge in [0.05, 0.1) is 6.10 Å². The summed E-state index contributed by atoms with van der Waals surface area (Å²) in [6, 6.07) is 19.5. The summed E-state index contributed by atoms with van der Waals surface area (Å²) in [6.45, 7) is 2.14. The van der Waals surface area contributed by atoms with Crippen LogP contribution in [0.2, 0.25) is 0 Å². The van der Waals surface area contributed by atoms with Gasteiger partial charge in [0.25, 0.3) is 0 Å². The summed E-state index contributed by atoms with van der Waals surface area (Å²) >= 11 is 0. The van der Waals surface area contributed by atoms with E-state index in [1.54, 1.807) is 0 Å². The zero-order valence-corrected chi connectivity index (χ0v) is 19.8. The van der Waals surface area contributed by atoms with E-state index in [0.29, 0.717) is 12.3 Å². The molecule has 4 unspecified atom stereocenters. The van der Waals surface area contributed by atoms with Crippen molar-refractivity contribution in [2.75, 3.05) is 0 Å². The Balaban J connectivity index is 0.00000280. The number of alkyl halides is 1. The van der Waals surface area contributed by atoms with Crippen molar-refractivity contribution in [3.8, 4) is 0 Å². The van der Waals surface area contributed by atoms with Crippen LogP contribution in [0.25, 0.3) is 0 Å². The summed E-state index contributed by atoms with van der Waals surface area (Å²) in [4.78, 5) is 0. The molecule has 28 heavy (non-hydrogen) atoms. The Morgan fingerprint density at radius 3 is 2.61 bits per heavy atom. The van der Waals surface area contributed by atoms with E-state index < -0.39 is 6.17 Å². The van der Waals surface area contributed by atoms with Crippen LogP contribution in [0, 0.1) is 12.0 Å². The Labute approximate surface area is 195 Å². The summed E-state index contributed by atoms with van der Waals surface area (Å²) in [7, 11) is 0. The summed E-state index contributed by atoms with van der Waals surface area (Å²) in [5.41, 5.74) is 3.51. The van der Waals surface area contributed by atoms with Gasteiger partial charge in [-0.2, -0.15) is 35.9 Å². The summed E-state index contributed by atoms with van der Waals surface area (Å²) in [5, 5.41) is 10.3. The molecule has 1 nitrogen and oxygen atoms in total. The van der Waals surface area contributed by atoms with Crippen LogP contribution in [0.15, 0.2) is 48.5 Å². The Morgan fingerprint density at radius 1 is 1.14 bits per heavy atom. The van der Waals surface area contributed by atoms with E-state index in [1.807, 2.05) is 30.3 Å². The maximum absolute atomic E-state index is 14.6. The Hall–Kier alpha value is -0.566. The molecule has 2 aromatic rings. The van der Waals surface area contributed by atoms with E-state index in [4.69, 9.17) is 0 Å². The molecule has 0 bridgehead atoms. The fraction of sp³-hybridized carbons (Fsp3) is 0.520. The molecule has 1 radical (unpaired) electrons. The monoisotopic (exact) mass is 456 g/mol. The Bertz CT molecular complexity index is 673. The second-order valence-electron chi connectivity index (χ2n) is 7.99. The normalized spacial score (nSPS) is 22.6. The van der Waals surface area contributed by atoms with Crippen molar-refractivity contribution in [3.05, 3.63) is 71.3 Å². The topological polar surface area (TPSA) is 20.2 Å². The van der Waals surface area contributed by atoms with E-state index >= 15 is 0 Å². The van der Waals surface area contributed by atoms with Gasteiger partial charge in [-0.3, -0.25) is 0 Å². The first-order valence-corrected chi connectivity index (χ1v) is 10.6. The van der Waals surface area contributed by atoms with Gasteiger partial charge in [0.1, 0.15) is 6.17 Å². The molecular weight excluding hydrogens is 424 g/mol. The number of aryl methyl sites for hydroxylation is 1. The van der Waals surface area contributed by atoms with Crippen molar-refractivity contribution in [2.45, 2.75) is 76.5 Å². The van der Waals surface area contributed by atoms with Crippen LogP contribution in [0.5, 0.6) is 0 Å². The van der Waals surface area contributed by atoms with Crippen molar-refractivity contribution < 1.29 is 42.2 Å². The molecule has 4 atom stereocenters. The number of aliphatic hydroxyl groups is 1. The SMILES string of the molecule is CCCCC(O)c1ccc(C2CCC(F)C2CCCc2c[c-]ccc2)cc1.[Y]. The first-order valence-electron chi connectivity index (χ1n) is 10.6. The van der Waals surface area contributed by atoms with E-state index in [2.05, 4.69) is 31.2 Å². The van der Waals surface area contributed by atoms with Crippen LogP contribution in [-0.4, -0.2) is 11.3 Å². The fourth-order valence-corrected chi connectivity index (χ4v) is 4.47. The van der Waals surface area contributed by atoms with Crippen LogP contribution >= 0.6 is 0 Å².